The predicted octanol–water partition coefficient (Wildman–Crippen LogP) is 5.75. The molecule has 0 bridgehead atoms. The van der Waals surface area contributed by atoms with Crippen LogP contribution in [0.3, 0.4) is 0 Å². The third-order valence-electron chi connectivity index (χ3n) is 4.49. The Morgan fingerprint density at radius 1 is 1.03 bits per heavy atom. The van der Waals surface area contributed by atoms with Crippen molar-refractivity contribution in [2.45, 2.75) is 17.4 Å². The summed E-state index contributed by atoms with van der Waals surface area (Å²) in [5.74, 6) is 0.451. The number of halogens is 1. The molecular formula is C24H20FN3O3S. The molecule has 6 nitrogen and oxygen atoms in total. The van der Waals surface area contributed by atoms with Crippen molar-refractivity contribution in [1.82, 2.24) is 10.2 Å². The highest BCUT2D eigenvalue weighted by atomic mass is 32.2. The summed E-state index contributed by atoms with van der Waals surface area (Å²) in [5, 5.41) is 10.6. The van der Waals surface area contributed by atoms with E-state index in [-0.39, 0.29) is 16.9 Å². The van der Waals surface area contributed by atoms with Crippen LogP contribution in [-0.4, -0.2) is 22.7 Å². The fourth-order valence-corrected chi connectivity index (χ4v) is 3.85. The average Bonchev–Trinajstić information content (AvgIpc) is 3.29. The topological polar surface area (TPSA) is 77.2 Å². The van der Waals surface area contributed by atoms with Gasteiger partial charge in [-0.2, -0.15) is 0 Å². The molecule has 1 heterocycles. The Morgan fingerprint density at radius 3 is 2.44 bits per heavy atom. The van der Waals surface area contributed by atoms with Crippen LogP contribution in [0.15, 0.2) is 88.5 Å². The molecule has 4 rings (SSSR count). The normalized spacial score (nSPS) is 11.7. The minimum Gasteiger partial charge on any atom is -0.494 e. The second-order valence-corrected chi connectivity index (χ2v) is 7.79. The Bertz CT molecular complexity index is 1170. The van der Waals surface area contributed by atoms with Crippen LogP contribution in [0, 0.1) is 5.82 Å². The molecule has 3 aromatic carbocycles. The number of hydrogen-bond donors (Lipinski definition) is 1. The molecule has 1 aromatic heterocycles. The van der Waals surface area contributed by atoms with Gasteiger partial charge in [-0.15, -0.1) is 10.2 Å². The Labute approximate surface area is 188 Å². The lowest BCUT2D eigenvalue weighted by Crippen LogP contribution is -2.19. The largest absolute Gasteiger partial charge is 0.494 e. The van der Waals surface area contributed by atoms with Gasteiger partial charge in [-0.1, -0.05) is 30.3 Å². The molecule has 0 aliphatic rings. The average molecular weight is 450 g/mol. The molecule has 32 heavy (non-hydrogen) atoms. The number of rotatable bonds is 8. The fourth-order valence-electron chi connectivity index (χ4n) is 2.98. The first-order valence-electron chi connectivity index (χ1n) is 9.97. The summed E-state index contributed by atoms with van der Waals surface area (Å²) >= 11 is 1.15. The molecule has 4 aromatic rings. The van der Waals surface area contributed by atoms with Gasteiger partial charge < -0.3 is 14.5 Å². The molecule has 1 unspecified atom stereocenters. The second kappa shape index (κ2) is 10.1. The molecule has 1 N–H and O–H groups in total. The number of amides is 1. The maximum Gasteiger partial charge on any atom is 0.277 e. The molecule has 0 fully saturated rings. The summed E-state index contributed by atoms with van der Waals surface area (Å²) in [5.41, 5.74) is 2.02. The van der Waals surface area contributed by atoms with Crippen LogP contribution in [0.5, 0.6) is 5.75 Å². The fraction of sp³-hybridized carbons (Fsp3) is 0.125. The summed E-state index contributed by atoms with van der Waals surface area (Å²) < 4.78 is 24.4. The van der Waals surface area contributed by atoms with E-state index in [0.717, 1.165) is 28.6 Å². The highest BCUT2D eigenvalue weighted by Crippen LogP contribution is 2.36. The monoisotopic (exact) mass is 449 g/mol. The number of nitrogens with zero attached hydrogens (tertiary/aromatic N) is 2. The van der Waals surface area contributed by atoms with E-state index in [4.69, 9.17) is 9.15 Å². The van der Waals surface area contributed by atoms with E-state index in [1.54, 1.807) is 0 Å². The van der Waals surface area contributed by atoms with E-state index in [9.17, 15) is 9.18 Å². The SMILES string of the molecule is CCOc1ccc(-c2nnc(SC(C(=O)Nc3ccc(F)cc3)c3ccccc3)o2)cc1. The van der Waals surface area contributed by atoms with Gasteiger partial charge in [-0.05, 0) is 72.8 Å². The van der Waals surface area contributed by atoms with Crippen LogP contribution in [0.2, 0.25) is 0 Å². The molecule has 0 aliphatic heterocycles. The van der Waals surface area contributed by atoms with E-state index < -0.39 is 5.25 Å². The first-order valence-corrected chi connectivity index (χ1v) is 10.8. The molecule has 1 amide bonds. The summed E-state index contributed by atoms with van der Waals surface area (Å²) in [6.07, 6.45) is 0. The van der Waals surface area contributed by atoms with E-state index >= 15 is 0 Å². The number of benzene rings is 3. The molecule has 1 atom stereocenters. The van der Waals surface area contributed by atoms with Crippen molar-refractivity contribution >= 4 is 23.4 Å². The zero-order valence-corrected chi connectivity index (χ0v) is 18.0. The van der Waals surface area contributed by atoms with Gasteiger partial charge >= 0.3 is 0 Å². The number of ether oxygens (including phenoxy) is 1. The van der Waals surface area contributed by atoms with Gasteiger partial charge in [0, 0.05) is 11.3 Å². The van der Waals surface area contributed by atoms with Crippen LogP contribution < -0.4 is 10.1 Å². The van der Waals surface area contributed by atoms with Gasteiger partial charge in [0.15, 0.2) is 0 Å². The van der Waals surface area contributed by atoms with Crippen molar-refractivity contribution in [3.63, 3.8) is 0 Å². The van der Waals surface area contributed by atoms with Gasteiger partial charge in [-0.25, -0.2) is 4.39 Å². The third kappa shape index (κ3) is 5.33. The van der Waals surface area contributed by atoms with E-state index in [2.05, 4.69) is 15.5 Å². The molecule has 0 saturated heterocycles. The molecule has 0 saturated carbocycles. The van der Waals surface area contributed by atoms with Crippen molar-refractivity contribution in [3.8, 4) is 17.2 Å². The molecule has 8 heteroatoms. The maximum absolute atomic E-state index is 13.2. The zero-order valence-electron chi connectivity index (χ0n) is 17.2. The molecule has 0 spiro atoms. The number of aromatic nitrogens is 2. The summed E-state index contributed by atoms with van der Waals surface area (Å²) in [6.45, 7) is 2.51. The Morgan fingerprint density at radius 2 is 1.75 bits per heavy atom. The Hall–Kier alpha value is -3.65. The smallest absolute Gasteiger partial charge is 0.277 e. The van der Waals surface area contributed by atoms with Crippen molar-refractivity contribution in [2.75, 3.05) is 11.9 Å². The number of anilines is 1. The van der Waals surface area contributed by atoms with Gasteiger partial charge in [0.2, 0.25) is 11.8 Å². The molecular weight excluding hydrogens is 429 g/mol. The van der Waals surface area contributed by atoms with Gasteiger partial charge in [-0.3, -0.25) is 4.79 Å². The highest BCUT2D eigenvalue weighted by Gasteiger charge is 2.25. The van der Waals surface area contributed by atoms with Crippen molar-refractivity contribution < 1.29 is 18.3 Å². The number of nitrogens with one attached hydrogen (secondary N) is 1. The molecule has 0 radical (unpaired) electrons. The minimum atomic E-state index is -0.644. The van der Waals surface area contributed by atoms with Gasteiger partial charge in [0.25, 0.3) is 5.22 Å². The minimum absolute atomic E-state index is 0.261. The van der Waals surface area contributed by atoms with Crippen molar-refractivity contribution in [2.24, 2.45) is 0 Å². The first-order chi connectivity index (χ1) is 15.6. The van der Waals surface area contributed by atoms with Crippen LogP contribution >= 0.6 is 11.8 Å². The van der Waals surface area contributed by atoms with Crippen LogP contribution in [0.25, 0.3) is 11.5 Å². The number of carbonyl (C=O) groups excluding carboxylic acids is 1. The lowest BCUT2D eigenvalue weighted by atomic mass is 10.1. The number of hydrogen-bond acceptors (Lipinski definition) is 6. The predicted molar refractivity (Wildman–Crippen MR) is 121 cm³/mol. The Balaban J connectivity index is 1.54. The van der Waals surface area contributed by atoms with E-state index in [1.165, 1.54) is 24.3 Å². The zero-order chi connectivity index (χ0) is 22.3. The quantitative estimate of drug-likeness (QED) is 0.345. The highest BCUT2D eigenvalue weighted by molar-refractivity contribution is 8.00. The van der Waals surface area contributed by atoms with Gasteiger partial charge in [0.05, 0.1) is 6.61 Å². The first kappa shape index (κ1) is 21.6. The molecule has 162 valence electrons. The van der Waals surface area contributed by atoms with Crippen molar-refractivity contribution in [3.05, 3.63) is 90.2 Å². The second-order valence-electron chi connectivity index (χ2n) is 6.74. The van der Waals surface area contributed by atoms with Gasteiger partial charge in [0.1, 0.15) is 16.8 Å². The number of carbonyl (C=O) groups is 1. The molecule has 0 aliphatic carbocycles. The lowest BCUT2D eigenvalue weighted by molar-refractivity contribution is -0.115. The lowest BCUT2D eigenvalue weighted by Gasteiger charge is -2.15. The van der Waals surface area contributed by atoms with Crippen LogP contribution in [0.1, 0.15) is 17.7 Å². The number of thioether (sulfide) groups is 1. The van der Waals surface area contributed by atoms with E-state index in [0.29, 0.717) is 18.2 Å². The summed E-state index contributed by atoms with van der Waals surface area (Å²) in [6, 6.07) is 22.2. The standard InChI is InChI=1S/C24H20FN3O3S/c1-2-30-20-14-8-17(9-15-20)23-27-28-24(31-23)32-21(16-6-4-3-5-7-16)22(29)26-19-12-10-18(25)11-13-19/h3-15,21H,2H2,1H3,(H,26,29). The summed E-state index contributed by atoms with van der Waals surface area (Å²) in [4.78, 5) is 13.0. The van der Waals surface area contributed by atoms with Crippen LogP contribution in [0.4, 0.5) is 10.1 Å². The maximum atomic E-state index is 13.2. The summed E-state index contributed by atoms with van der Waals surface area (Å²) in [7, 11) is 0. The van der Waals surface area contributed by atoms with Crippen LogP contribution in [-0.2, 0) is 4.79 Å². The Kier molecular flexibility index (Phi) is 6.81. The third-order valence-corrected chi connectivity index (χ3v) is 5.58. The van der Waals surface area contributed by atoms with E-state index in [1.807, 2.05) is 61.5 Å². The van der Waals surface area contributed by atoms with Crippen molar-refractivity contribution in [1.29, 1.82) is 0 Å².